The van der Waals surface area contributed by atoms with Crippen LogP contribution in [0.25, 0.3) is 0 Å². The highest BCUT2D eigenvalue weighted by atomic mass is 14.2. The normalized spacial score (nSPS) is 10.4. The van der Waals surface area contributed by atoms with E-state index in [4.69, 9.17) is 5.26 Å². The second-order valence-corrected chi connectivity index (χ2v) is 1.79. The van der Waals surface area contributed by atoms with Gasteiger partial charge in [0.2, 0.25) is 0 Å². The van der Waals surface area contributed by atoms with Gasteiger partial charge in [0.15, 0.2) is 0 Å². The summed E-state index contributed by atoms with van der Waals surface area (Å²) >= 11 is 0. The largest absolute Gasteiger partial charge is 0.193 e. The third-order valence-corrected chi connectivity index (χ3v) is 0.639. The highest BCUT2D eigenvalue weighted by Gasteiger charge is 1.80. The molecule has 0 aromatic rings. The first kappa shape index (κ1) is 6.97. The lowest BCUT2D eigenvalue weighted by molar-refractivity contribution is 1.41. The summed E-state index contributed by atoms with van der Waals surface area (Å²) in [5.41, 5.74) is 1.63. The lowest BCUT2D eigenvalue weighted by Crippen LogP contribution is -1.67. The summed E-state index contributed by atoms with van der Waals surface area (Å²) in [5.74, 6) is 0. The Bertz CT molecular complexity index is 158. The van der Waals surface area contributed by atoms with E-state index in [2.05, 4.69) is 6.58 Å². The molecule has 0 aliphatic rings. The monoisotopic (exact) mass is 107 g/mol. The van der Waals surface area contributed by atoms with Crippen LogP contribution in [0, 0.1) is 11.3 Å². The first-order chi connectivity index (χ1) is 3.66. The van der Waals surface area contributed by atoms with Crippen molar-refractivity contribution in [2.75, 3.05) is 0 Å². The van der Waals surface area contributed by atoms with Gasteiger partial charge in [-0.2, -0.15) is 5.26 Å². The van der Waals surface area contributed by atoms with Gasteiger partial charge in [0, 0.05) is 5.57 Å². The van der Waals surface area contributed by atoms with Gasteiger partial charge in [0.05, 0.1) is 6.07 Å². The minimum atomic E-state index is 0.706. The zero-order valence-electron chi connectivity index (χ0n) is 5.23. The molecule has 42 valence electrons. The van der Waals surface area contributed by atoms with Crippen molar-refractivity contribution in [2.45, 2.75) is 13.8 Å². The molecule has 0 aliphatic heterocycles. The second kappa shape index (κ2) is 3.04. The van der Waals surface area contributed by atoms with Crippen LogP contribution in [-0.4, -0.2) is 0 Å². The molecule has 0 aromatic heterocycles. The third kappa shape index (κ3) is 3.17. The third-order valence-electron chi connectivity index (χ3n) is 0.639. The van der Waals surface area contributed by atoms with Crippen LogP contribution in [0.4, 0.5) is 0 Å². The zero-order chi connectivity index (χ0) is 6.57. The molecule has 0 aliphatic carbocycles. The molecule has 0 amide bonds. The standard InChI is InChI=1S/C7H9N/c1-6(2)4-7(3)5-8/h4H,1H2,2-3H3. The molecular weight excluding hydrogens is 98.1 g/mol. The number of nitriles is 1. The molecule has 0 heterocycles. The van der Waals surface area contributed by atoms with Gasteiger partial charge in [0.1, 0.15) is 0 Å². The Hall–Kier alpha value is -1.03. The van der Waals surface area contributed by atoms with Crippen LogP contribution >= 0.6 is 0 Å². The van der Waals surface area contributed by atoms with E-state index >= 15 is 0 Å². The van der Waals surface area contributed by atoms with Crippen molar-refractivity contribution in [3.8, 4) is 6.07 Å². The smallest absolute Gasteiger partial charge is 0.0944 e. The van der Waals surface area contributed by atoms with Crippen LogP contribution < -0.4 is 0 Å². The van der Waals surface area contributed by atoms with E-state index in [1.807, 2.05) is 13.0 Å². The summed E-state index contributed by atoms with van der Waals surface area (Å²) in [7, 11) is 0. The van der Waals surface area contributed by atoms with Crippen molar-refractivity contribution in [3.05, 3.63) is 23.8 Å². The van der Waals surface area contributed by atoms with Crippen molar-refractivity contribution >= 4 is 0 Å². The van der Waals surface area contributed by atoms with Crippen LogP contribution in [0.15, 0.2) is 23.8 Å². The molecule has 0 radical (unpaired) electrons. The molecule has 0 atom stereocenters. The fourth-order valence-corrected chi connectivity index (χ4v) is 0.402. The minimum Gasteiger partial charge on any atom is -0.193 e. The Morgan fingerprint density at radius 2 is 2.12 bits per heavy atom. The van der Waals surface area contributed by atoms with Crippen LogP contribution in [-0.2, 0) is 0 Å². The van der Waals surface area contributed by atoms with Gasteiger partial charge in [-0.05, 0) is 19.9 Å². The lowest BCUT2D eigenvalue weighted by Gasteiger charge is -1.83. The number of rotatable bonds is 1. The molecule has 1 nitrogen and oxygen atoms in total. The fraction of sp³-hybridized carbons (Fsp3) is 0.286. The molecule has 0 saturated carbocycles. The van der Waals surface area contributed by atoms with Crippen molar-refractivity contribution in [2.24, 2.45) is 0 Å². The molecule has 0 aromatic carbocycles. The predicted molar refractivity (Wildman–Crippen MR) is 34.2 cm³/mol. The maximum absolute atomic E-state index is 8.22. The van der Waals surface area contributed by atoms with Gasteiger partial charge >= 0.3 is 0 Å². The second-order valence-electron chi connectivity index (χ2n) is 1.79. The summed E-state index contributed by atoms with van der Waals surface area (Å²) < 4.78 is 0. The Balaban J connectivity index is 4.01. The van der Waals surface area contributed by atoms with Crippen molar-refractivity contribution < 1.29 is 0 Å². The Morgan fingerprint density at radius 3 is 2.25 bits per heavy atom. The summed E-state index contributed by atoms with van der Waals surface area (Å²) in [6.45, 7) is 7.24. The molecule has 0 bridgehead atoms. The van der Waals surface area contributed by atoms with E-state index in [1.165, 1.54) is 0 Å². The van der Waals surface area contributed by atoms with Gasteiger partial charge in [0.25, 0.3) is 0 Å². The maximum atomic E-state index is 8.22. The molecule has 0 saturated heterocycles. The van der Waals surface area contributed by atoms with E-state index in [0.717, 1.165) is 5.57 Å². The highest BCUT2D eigenvalue weighted by molar-refractivity contribution is 5.26. The quantitative estimate of drug-likeness (QED) is 0.371. The Kier molecular flexibility index (Phi) is 2.64. The molecule has 0 rings (SSSR count). The van der Waals surface area contributed by atoms with Gasteiger partial charge in [-0.3, -0.25) is 0 Å². The first-order valence-electron chi connectivity index (χ1n) is 2.40. The van der Waals surface area contributed by atoms with Gasteiger partial charge < -0.3 is 0 Å². The van der Waals surface area contributed by atoms with Gasteiger partial charge in [-0.25, -0.2) is 0 Å². The first-order valence-corrected chi connectivity index (χ1v) is 2.40. The molecule has 0 fully saturated rings. The number of allylic oxidation sites excluding steroid dienone is 3. The van der Waals surface area contributed by atoms with E-state index in [9.17, 15) is 0 Å². The topological polar surface area (TPSA) is 23.8 Å². The summed E-state index contributed by atoms with van der Waals surface area (Å²) in [4.78, 5) is 0. The average Bonchev–Trinajstić information content (AvgIpc) is 1.65. The average molecular weight is 107 g/mol. The lowest BCUT2D eigenvalue weighted by atomic mass is 10.2. The minimum absolute atomic E-state index is 0.706. The predicted octanol–water partition coefficient (Wildman–Crippen LogP) is 2.03. The number of hydrogen-bond donors (Lipinski definition) is 0. The Morgan fingerprint density at radius 1 is 1.62 bits per heavy atom. The zero-order valence-corrected chi connectivity index (χ0v) is 5.23. The van der Waals surface area contributed by atoms with Crippen LogP contribution in [0.1, 0.15) is 13.8 Å². The number of nitrogens with zero attached hydrogens (tertiary/aromatic N) is 1. The van der Waals surface area contributed by atoms with E-state index < -0.39 is 0 Å². The van der Waals surface area contributed by atoms with E-state index in [0.29, 0.717) is 5.57 Å². The van der Waals surface area contributed by atoms with Gasteiger partial charge in [-0.15, -0.1) is 0 Å². The van der Waals surface area contributed by atoms with E-state index in [1.54, 1.807) is 13.0 Å². The maximum Gasteiger partial charge on any atom is 0.0944 e. The van der Waals surface area contributed by atoms with Crippen LogP contribution in [0.5, 0.6) is 0 Å². The highest BCUT2D eigenvalue weighted by Crippen LogP contribution is 1.95. The van der Waals surface area contributed by atoms with E-state index in [-0.39, 0.29) is 0 Å². The van der Waals surface area contributed by atoms with Crippen molar-refractivity contribution in [3.63, 3.8) is 0 Å². The molecule has 0 unspecified atom stereocenters. The Labute approximate surface area is 49.9 Å². The van der Waals surface area contributed by atoms with Crippen molar-refractivity contribution in [1.82, 2.24) is 0 Å². The summed E-state index contributed by atoms with van der Waals surface area (Å²) in [6.07, 6.45) is 1.75. The molecular formula is C7H9N. The molecule has 0 N–H and O–H groups in total. The molecule has 0 spiro atoms. The summed E-state index contributed by atoms with van der Waals surface area (Å²) in [6, 6.07) is 2.00. The van der Waals surface area contributed by atoms with Crippen molar-refractivity contribution in [1.29, 1.82) is 5.26 Å². The molecule has 8 heavy (non-hydrogen) atoms. The molecule has 1 heteroatoms. The SMILES string of the molecule is C=C(C)C=C(C)C#N. The van der Waals surface area contributed by atoms with Crippen LogP contribution in [0.3, 0.4) is 0 Å². The fourth-order valence-electron chi connectivity index (χ4n) is 0.402. The van der Waals surface area contributed by atoms with Gasteiger partial charge in [-0.1, -0.05) is 12.2 Å². The van der Waals surface area contributed by atoms with Crippen LogP contribution in [0.2, 0.25) is 0 Å². The number of hydrogen-bond acceptors (Lipinski definition) is 1. The summed E-state index contributed by atoms with van der Waals surface area (Å²) in [5, 5.41) is 8.22.